The number of phenolic OH excluding ortho intramolecular Hbond substituents is 8. The summed E-state index contributed by atoms with van der Waals surface area (Å²) in [5.74, 6) is -8.90. The fourth-order valence-electron chi connectivity index (χ4n) is 9.63. The fraction of sp³-hybridized carbons (Fsp3) is 0.0714. The Morgan fingerprint density at radius 3 is 0.514 bits per heavy atom. The van der Waals surface area contributed by atoms with Crippen molar-refractivity contribution in [2.45, 2.75) is 23.7 Å². The molecule has 0 unspecified atom stereocenters. The van der Waals surface area contributed by atoms with E-state index in [-0.39, 0.29) is 66.8 Å². The van der Waals surface area contributed by atoms with Crippen LogP contribution in [0.4, 0.5) is 0 Å². The van der Waals surface area contributed by atoms with Crippen molar-refractivity contribution >= 4 is 67.4 Å². The summed E-state index contributed by atoms with van der Waals surface area (Å²) in [5, 5.41) is 93.0. The molecular formula is C56H36Cl4O12. The average Bonchev–Trinajstić information content (AvgIpc) is 3.34. The molecule has 0 saturated heterocycles. The Bertz CT molecular complexity index is 2950. The zero-order valence-electron chi connectivity index (χ0n) is 36.9. The Labute approximate surface area is 429 Å². The second-order valence-electron chi connectivity index (χ2n) is 17.2. The zero-order chi connectivity index (χ0) is 51.4. The number of carbonyl (C=O) groups is 4. The highest BCUT2D eigenvalue weighted by Crippen LogP contribution is 2.54. The number of carbonyl (C=O) groups excluding carboxylic acids is 4. The molecule has 0 aliphatic heterocycles. The second-order valence-corrected chi connectivity index (χ2v) is 18.6. The lowest BCUT2D eigenvalue weighted by atomic mass is 9.75. The average molecular weight is 1040 g/mol. The van der Waals surface area contributed by atoms with E-state index in [1.54, 1.807) is 0 Å². The number of phenols is 8. The highest BCUT2D eigenvalue weighted by atomic mass is 35.5. The van der Waals surface area contributed by atoms with Crippen LogP contribution in [0, 0.1) is 0 Å². The molecule has 0 spiro atoms. The summed E-state index contributed by atoms with van der Waals surface area (Å²) in [7, 11) is 0. The van der Waals surface area contributed by atoms with Crippen LogP contribution in [0.15, 0.2) is 146 Å². The lowest BCUT2D eigenvalue weighted by molar-refractivity contribution is 0.107. The van der Waals surface area contributed by atoms with Gasteiger partial charge in [0.1, 0.15) is 46.0 Å². The molecule has 8 bridgehead atoms. The Morgan fingerprint density at radius 2 is 0.389 bits per heavy atom. The Hall–Kier alpha value is -8.00. The van der Waals surface area contributed by atoms with Crippen molar-refractivity contribution in [3.05, 3.63) is 235 Å². The molecule has 360 valence electrons. The Morgan fingerprint density at radius 1 is 0.250 bits per heavy atom. The SMILES string of the molecule is O=C(Cl)c1ccc(C2c3cc(c(O)cc3O)C(c3ccc(C(=O)Cl)cc3)c3cc(c(O)cc3O)C(c3ccc(C(=O)Cl)cc3)c3cc(c(O)cc3O)C(c3ccc(C(=O)Cl)cc3)c3cc2c(O)cc3O)cc1. The van der Waals surface area contributed by atoms with Gasteiger partial charge in [-0.25, -0.2) is 0 Å². The van der Waals surface area contributed by atoms with Crippen molar-refractivity contribution in [3.63, 3.8) is 0 Å². The fourth-order valence-corrected chi connectivity index (χ4v) is 10.1. The molecule has 12 nitrogen and oxygen atoms in total. The third-order valence-corrected chi connectivity index (χ3v) is 13.9. The van der Waals surface area contributed by atoms with E-state index in [1.165, 1.54) is 121 Å². The largest absolute Gasteiger partial charge is 0.507 e. The summed E-state index contributed by atoms with van der Waals surface area (Å²) in [6.07, 6.45) is 0. The van der Waals surface area contributed by atoms with E-state index in [0.717, 1.165) is 24.3 Å². The molecule has 0 aromatic heterocycles. The van der Waals surface area contributed by atoms with E-state index in [1.807, 2.05) is 0 Å². The molecule has 8 aromatic rings. The third-order valence-electron chi connectivity index (χ3n) is 13.1. The molecule has 9 rings (SSSR count). The maximum absolute atomic E-state index is 12.3. The van der Waals surface area contributed by atoms with Gasteiger partial charge in [0.05, 0.1) is 0 Å². The van der Waals surface area contributed by atoms with Crippen LogP contribution in [0.3, 0.4) is 0 Å². The predicted octanol–water partition coefficient (Wildman–Crippen LogP) is 11.9. The van der Waals surface area contributed by atoms with Crippen LogP contribution in [-0.2, 0) is 0 Å². The normalized spacial score (nSPS) is 16.2. The van der Waals surface area contributed by atoms with Gasteiger partial charge < -0.3 is 40.9 Å². The highest BCUT2D eigenvalue weighted by molar-refractivity contribution is 6.68. The van der Waals surface area contributed by atoms with Gasteiger partial charge in [-0.2, -0.15) is 0 Å². The molecule has 0 amide bonds. The summed E-state index contributed by atoms with van der Waals surface area (Å²) in [4.78, 5) is 49.2. The third kappa shape index (κ3) is 9.01. The molecule has 0 heterocycles. The molecule has 0 saturated carbocycles. The van der Waals surface area contributed by atoms with Crippen LogP contribution in [0.2, 0.25) is 0 Å². The van der Waals surface area contributed by atoms with E-state index in [0.29, 0.717) is 22.3 Å². The molecule has 0 radical (unpaired) electrons. The molecule has 8 aromatic carbocycles. The first-order chi connectivity index (χ1) is 34.3. The van der Waals surface area contributed by atoms with Gasteiger partial charge in [0.2, 0.25) is 0 Å². The summed E-state index contributed by atoms with van der Waals surface area (Å²) < 4.78 is 0. The van der Waals surface area contributed by atoms with E-state index in [4.69, 9.17) is 46.4 Å². The maximum atomic E-state index is 12.3. The van der Waals surface area contributed by atoms with Gasteiger partial charge in [0.25, 0.3) is 21.0 Å². The number of aromatic hydroxyl groups is 8. The van der Waals surface area contributed by atoms with Gasteiger partial charge in [-0.05, 0) is 141 Å². The van der Waals surface area contributed by atoms with Crippen LogP contribution < -0.4 is 0 Å². The summed E-state index contributed by atoms with van der Waals surface area (Å²) >= 11 is 23.4. The smallest absolute Gasteiger partial charge is 0.252 e. The number of hydrogen-bond acceptors (Lipinski definition) is 12. The molecule has 72 heavy (non-hydrogen) atoms. The van der Waals surface area contributed by atoms with Crippen molar-refractivity contribution in [1.82, 2.24) is 0 Å². The highest BCUT2D eigenvalue weighted by Gasteiger charge is 2.35. The molecule has 0 atom stereocenters. The molecule has 0 fully saturated rings. The van der Waals surface area contributed by atoms with E-state index >= 15 is 0 Å². The van der Waals surface area contributed by atoms with Gasteiger partial charge in [-0.3, -0.25) is 19.2 Å². The number of halogens is 4. The standard InChI is InChI=1S/C56H36Cl4O12/c57-53(69)29-9-1-25(2-10-29)49-33-17-35(43(63)21-41(33)61)50(26-3-11-30(12-4-26)54(58)70)37-19-39(47(67)23-45(37)65)52(28-7-15-32(16-8-28)56(60)72)40-20-38(46(66)24-48(40)68)51(27-5-13-31(14-6-27)55(59)71)36-18-34(49)42(62)22-44(36)64/h1-24,49-52,61-68H. The van der Waals surface area contributed by atoms with Crippen molar-refractivity contribution in [1.29, 1.82) is 0 Å². The first kappa shape index (κ1) is 49.0. The van der Waals surface area contributed by atoms with Gasteiger partial charge >= 0.3 is 0 Å². The Kier molecular flexibility index (Phi) is 13.1. The summed E-state index contributed by atoms with van der Waals surface area (Å²) in [5.41, 5.74) is 2.07. The first-order valence-corrected chi connectivity index (χ1v) is 23.2. The minimum absolute atomic E-state index is 0.0333. The van der Waals surface area contributed by atoms with Crippen LogP contribution in [0.1, 0.15) is 132 Å². The van der Waals surface area contributed by atoms with Crippen molar-refractivity contribution < 1.29 is 60.0 Å². The second kappa shape index (κ2) is 19.3. The molecule has 1 aliphatic rings. The van der Waals surface area contributed by atoms with Gasteiger partial charge in [0, 0.05) is 115 Å². The van der Waals surface area contributed by atoms with Crippen LogP contribution in [0.5, 0.6) is 46.0 Å². The van der Waals surface area contributed by atoms with Gasteiger partial charge in [-0.1, -0.05) is 48.5 Å². The Balaban J connectivity index is 1.47. The van der Waals surface area contributed by atoms with E-state index in [9.17, 15) is 60.0 Å². The maximum Gasteiger partial charge on any atom is 0.252 e. The van der Waals surface area contributed by atoms with Crippen LogP contribution in [-0.4, -0.2) is 61.8 Å². The summed E-state index contributed by atoms with van der Waals surface area (Å²) in [6.45, 7) is 0. The predicted molar refractivity (Wildman–Crippen MR) is 269 cm³/mol. The number of benzene rings is 8. The molecule has 1 aliphatic carbocycles. The van der Waals surface area contributed by atoms with Crippen molar-refractivity contribution in [2.75, 3.05) is 0 Å². The minimum Gasteiger partial charge on any atom is -0.507 e. The van der Waals surface area contributed by atoms with E-state index < -0.39 is 90.6 Å². The van der Waals surface area contributed by atoms with Crippen molar-refractivity contribution in [3.8, 4) is 46.0 Å². The lowest BCUT2D eigenvalue weighted by Gasteiger charge is -2.29. The number of fused-ring (bicyclic) bond motifs is 8. The molecular weight excluding hydrogens is 1010 g/mol. The molecule has 16 heteroatoms. The molecule has 8 N–H and O–H groups in total. The van der Waals surface area contributed by atoms with Crippen LogP contribution in [0.25, 0.3) is 0 Å². The van der Waals surface area contributed by atoms with Crippen LogP contribution >= 0.6 is 46.4 Å². The zero-order valence-corrected chi connectivity index (χ0v) is 39.9. The lowest BCUT2D eigenvalue weighted by Crippen LogP contribution is -2.13. The summed E-state index contributed by atoms with van der Waals surface area (Å²) in [6, 6.07) is 33.6. The monoisotopic (exact) mass is 1040 g/mol. The number of hydrogen-bond donors (Lipinski definition) is 8. The van der Waals surface area contributed by atoms with E-state index in [2.05, 4.69) is 0 Å². The topological polar surface area (TPSA) is 230 Å². The number of rotatable bonds is 8. The quantitative estimate of drug-likeness (QED) is 0.0665. The van der Waals surface area contributed by atoms with Crippen molar-refractivity contribution in [2.24, 2.45) is 0 Å². The first-order valence-electron chi connectivity index (χ1n) is 21.7. The minimum atomic E-state index is -1.23. The van der Waals surface area contributed by atoms with Gasteiger partial charge in [-0.15, -0.1) is 0 Å². The van der Waals surface area contributed by atoms with Gasteiger partial charge in [0.15, 0.2) is 0 Å².